The molecule has 2 aromatic carbocycles. The predicted molar refractivity (Wildman–Crippen MR) is 96.1 cm³/mol. The lowest BCUT2D eigenvalue weighted by Gasteiger charge is -2.10. The highest BCUT2D eigenvalue weighted by Gasteiger charge is 2.11. The molecule has 0 unspecified atom stereocenters. The van der Waals surface area contributed by atoms with Gasteiger partial charge in [-0.2, -0.15) is 5.11 Å². The van der Waals surface area contributed by atoms with Gasteiger partial charge in [0.25, 0.3) is 0 Å². The van der Waals surface area contributed by atoms with Crippen LogP contribution in [0.25, 0.3) is 0 Å². The molecule has 0 fully saturated rings. The molecule has 0 saturated carbocycles. The van der Waals surface area contributed by atoms with E-state index in [2.05, 4.69) is 10.2 Å². The van der Waals surface area contributed by atoms with E-state index >= 15 is 0 Å². The SMILES string of the molecule is CSc1ccc(Oc2c(Cl)cc(N=NC(C=O)=CO)cc2Cl)cc1. The molecule has 0 radical (unpaired) electrons. The summed E-state index contributed by atoms with van der Waals surface area (Å²) in [5.41, 5.74) is 0.0905. The number of rotatable bonds is 6. The molecule has 0 amide bonds. The fourth-order valence-electron chi connectivity index (χ4n) is 1.66. The molecule has 0 aliphatic carbocycles. The molecule has 1 N–H and O–H groups in total. The third-order valence-corrected chi connectivity index (χ3v) is 4.10. The van der Waals surface area contributed by atoms with Gasteiger partial charge in [0, 0.05) is 4.90 Å². The average molecular weight is 383 g/mol. The van der Waals surface area contributed by atoms with Crippen LogP contribution in [0.1, 0.15) is 0 Å². The second kappa shape index (κ2) is 8.73. The van der Waals surface area contributed by atoms with Crippen LogP contribution in [0.5, 0.6) is 11.5 Å². The first-order valence-corrected chi connectivity index (χ1v) is 8.57. The Kier molecular flexibility index (Phi) is 6.66. The number of ether oxygens (including phenoxy) is 1. The standard InChI is InChI=1S/C16H12Cl2N2O3S/c1-24-13-4-2-12(3-5-13)23-16-14(17)6-10(7-15(16)18)19-20-11(8-21)9-22/h2-9,21H,1H3. The maximum atomic E-state index is 10.5. The van der Waals surface area contributed by atoms with Crippen LogP contribution in [0.3, 0.4) is 0 Å². The minimum absolute atomic E-state index is 0.226. The van der Waals surface area contributed by atoms with Gasteiger partial charge in [-0.1, -0.05) is 23.2 Å². The van der Waals surface area contributed by atoms with Gasteiger partial charge in [0.1, 0.15) is 12.0 Å². The number of thioether (sulfide) groups is 1. The molecule has 0 atom stereocenters. The van der Waals surface area contributed by atoms with E-state index in [0.717, 1.165) is 4.90 Å². The van der Waals surface area contributed by atoms with E-state index in [1.165, 1.54) is 12.1 Å². The summed E-state index contributed by atoms with van der Waals surface area (Å²) in [6, 6.07) is 10.5. The number of azo groups is 1. The molecular weight excluding hydrogens is 371 g/mol. The number of carbonyl (C=O) groups is 1. The largest absolute Gasteiger partial charge is 0.513 e. The van der Waals surface area contributed by atoms with Gasteiger partial charge in [0.05, 0.1) is 15.7 Å². The Morgan fingerprint density at radius 1 is 1.21 bits per heavy atom. The van der Waals surface area contributed by atoms with Gasteiger partial charge in [-0.3, -0.25) is 4.79 Å². The molecule has 0 aliphatic heterocycles. The van der Waals surface area contributed by atoms with Crippen LogP contribution in [-0.4, -0.2) is 17.6 Å². The fraction of sp³-hybridized carbons (Fsp3) is 0.0625. The Morgan fingerprint density at radius 2 is 1.83 bits per heavy atom. The Bertz CT molecular complexity index is 769. The number of aliphatic hydroxyl groups is 1. The number of halogens is 2. The lowest BCUT2D eigenvalue weighted by atomic mass is 10.3. The zero-order valence-corrected chi connectivity index (χ0v) is 14.8. The number of benzene rings is 2. The summed E-state index contributed by atoms with van der Waals surface area (Å²) >= 11 is 14.0. The van der Waals surface area contributed by atoms with Crippen molar-refractivity contribution in [3.63, 3.8) is 0 Å². The van der Waals surface area contributed by atoms with Crippen molar-refractivity contribution in [2.75, 3.05) is 6.26 Å². The molecule has 0 aliphatic rings. The fourth-order valence-corrected chi connectivity index (χ4v) is 2.62. The third-order valence-electron chi connectivity index (χ3n) is 2.80. The number of hydrogen-bond acceptors (Lipinski definition) is 6. The van der Waals surface area contributed by atoms with Crippen molar-refractivity contribution in [3.05, 3.63) is 58.4 Å². The lowest BCUT2D eigenvalue weighted by Crippen LogP contribution is -1.87. The van der Waals surface area contributed by atoms with Crippen LogP contribution in [0.2, 0.25) is 10.0 Å². The molecule has 5 nitrogen and oxygen atoms in total. The van der Waals surface area contributed by atoms with Gasteiger partial charge < -0.3 is 9.84 Å². The van der Waals surface area contributed by atoms with Crippen LogP contribution in [0.4, 0.5) is 5.69 Å². The van der Waals surface area contributed by atoms with Gasteiger partial charge in [-0.25, -0.2) is 0 Å². The van der Waals surface area contributed by atoms with Crippen molar-refractivity contribution >= 4 is 46.9 Å². The summed E-state index contributed by atoms with van der Waals surface area (Å²) < 4.78 is 5.71. The predicted octanol–water partition coefficient (Wildman–Crippen LogP) is 6.19. The molecule has 0 aromatic heterocycles. The van der Waals surface area contributed by atoms with Crippen LogP contribution in [0.15, 0.2) is 63.5 Å². The number of aldehydes is 1. The molecular formula is C16H12Cl2N2O3S. The topological polar surface area (TPSA) is 71.2 Å². The molecule has 2 rings (SSSR count). The molecule has 124 valence electrons. The monoisotopic (exact) mass is 382 g/mol. The number of hydrogen-bond donors (Lipinski definition) is 1. The van der Waals surface area contributed by atoms with Gasteiger partial charge in [0.15, 0.2) is 17.7 Å². The quantitative estimate of drug-likeness (QED) is 0.212. The molecule has 0 spiro atoms. The van der Waals surface area contributed by atoms with E-state index < -0.39 is 0 Å². The van der Waals surface area contributed by atoms with E-state index in [1.807, 2.05) is 30.5 Å². The Morgan fingerprint density at radius 3 is 2.33 bits per heavy atom. The summed E-state index contributed by atoms with van der Waals surface area (Å²) in [6.07, 6.45) is 2.90. The minimum atomic E-state index is -0.226. The van der Waals surface area contributed by atoms with E-state index in [4.69, 9.17) is 33.0 Å². The number of aliphatic hydroxyl groups excluding tert-OH is 1. The van der Waals surface area contributed by atoms with Crippen molar-refractivity contribution in [2.24, 2.45) is 10.2 Å². The average Bonchev–Trinajstić information content (AvgIpc) is 2.59. The third kappa shape index (κ3) is 4.74. The first-order valence-electron chi connectivity index (χ1n) is 6.59. The van der Waals surface area contributed by atoms with Crippen molar-refractivity contribution in [1.29, 1.82) is 0 Å². The maximum Gasteiger partial charge on any atom is 0.173 e. The second-order valence-corrected chi connectivity index (χ2v) is 6.08. The van der Waals surface area contributed by atoms with Crippen molar-refractivity contribution in [3.8, 4) is 11.5 Å². The maximum absolute atomic E-state index is 10.5. The molecule has 24 heavy (non-hydrogen) atoms. The van der Waals surface area contributed by atoms with Crippen LogP contribution in [0, 0.1) is 0 Å². The highest BCUT2D eigenvalue weighted by Crippen LogP contribution is 2.40. The van der Waals surface area contributed by atoms with Crippen LogP contribution < -0.4 is 4.74 Å². The molecule has 2 aromatic rings. The molecule has 0 saturated heterocycles. The summed E-state index contributed by atoms with van der Waals surface area (Å²) in [4.78, 5) is 11.6. The second-order valence-electron chi connectivity index (χ2n) is 4.39. The van der Waals surface area contributed by atoms with Crippen LogP contribution in [-0.2, 0) is 4.79 Å². The van der Waals surface area contributed by atoms with E-state index in [-0.39, 0.29) is 15.7 Å². The van der Waals surface area contributed by atoms with Gasteiger partial charge in [0.2, 0.25) is 0 Å². The van der Waals surface area contributed by atoms with E-state index in [1.54, 1.807) is 11.8 Å². The number of allylic oxidation sites excluding steroid dienone is 1. The van der Waals surface area contributed by atoms with Crippen molar-refractivity contribution in [1.82, 2.24) is 0 Å². The summed E-state index contributed by atoms with van der Waals surface area (Å²) in [7, 11) is 0. The van der Waals surface area contributed by atoms with E-state index in [9.17, 15) is 4.79 Å². The summed E-state index contributed by atoms with van der Waals surface area (Å²) in [5, 5.41) is 16.6. The first kappa shape index (κ1) is 18.3. The number of carbonyl (C=O) groups excluding carboxylic acids is 1. The lowest BCUT2D eigenvalue weighted by molar-refractivity contribution is -0.105. The smallest absolute Gasteiger partial charge is 0.173 e. The van der Waals surface area contributed by atoms with Crippen molar-refractivity contribution in [2.45, 2.75) is 4.90 Å². The molecule has 0 bridgehead atoms. The highest BCUT2D eigenvalue weighted by molar-refractivity contribution is 7.98. The Hall–Kier alpha value is -2.02. The number of nitrogens with zero attached hydrogens (tertiary/aromatic N) is 2. The first-order chi connectivity index (χ1) is 11.6. The molecule has 8 heteroatoms. The van der Waals surface area contributed by atoms with Crippen LogP contribution >= 0.6 is 35.0 Å². The zero-order chi connectivity index (χ0) is 17.5. The van der Waals surface area contributed by atoms with Gasteiger partial charge >= 0.3 is 0 Å². The summed E-state index contributed by atoms with van der Waals surface area (Å²) in [6.45, 7) is 0. The highest BCUT2D eigenvalue weighted by atomic mass is 35.5. The Balaban J connectivity index is 2.24. The minimum Gasteiger partial charge on any atom is -0.513 e. The summed E-state index contributed by atoms with van der Waals surface area (Å²) in [5.74, 6) is 0.889. The van der Waals surface area contributed by atoms with Crippen molar-refractivity contribution < 1.29 is 14.6 Å². The zero-order valence-electron chi connectivity index (χ0n) is 12.4. The van der Waals surface area contributed by atoms with Gasteiger partial charge in [-0.15, -0.1) is 16.9 Å². The Labute approximate surface area is 153 Å². The molecule has 0 heterocycles. The van der Waals surface area contributed by atoms with E-state index in [0.29, 0.717) is 29.7 Å². The van der Waals surface area contributed by atoms with Gasteiger partial charge in [-0.05, 0) is 42.7 Å². The normalized spacial score (nSPS) is 11.7.